The summed E-state index contributed by atoms with van der Waals surface area (Å²) in [5, 5.41) is 0. The highest BCUT2D eigenvalue weighted by Crippen LogP contribution is 2.23. The lowest BCUT2D eigenvalue weighted by Gasteiger charge is -2.04. The number of nitrogens with two attached hydrogens (primary N) is 1. The molecule has 0 bridgehead atoms. The average Bonchev–Trinajstić information content (AvgIpc) is 2.00. The molecule has 15 heavy (non-hydrogen) atoms. The van der Waals surface area contributed by atoms with Crippen molar-refractivity contribution in [3.8, 4) is 0 Å². The van der Waals surface area contributed by atoms with E-state index in [1.54, 1.807) is 4.98 Å². The van der Waals surface area contributed by atoms with E-state index >= 15 is 0 Å². The first-order valence-corrected chi connectivity index (χ1v) is 5.80. The van der Waals surface area contributed by atoms with Crippen molar-refractivity contribution in [2.45, 2.75) is 11.3 Å². The lowest BCUT2D eigenvalue weighted by atomic mass is 10.3. The molecule has 3 N–H and O–H groups in total. The van der Waals surface area contributed by atoms with Gasteiger partial charge in [0.2, 0.25) is 0 Å². The zero-order valence-electron chi connectivity index (χ0n) is 7.00. The van der Waals surface area contributed by atoms with Crippen LogP contribution in [0.3, 0.4) is 0 Å². The highest BCUT2D eigenvalue weighted by molar-refractivity contribution is 8.13. The van der Waals surface area contributed by atoms with E-state index in [9.17, 15) is 22.0 Å². The van der Waals surface area contributed by atoms with Crippen molar-refractivity contribution in [3.05, 3.63) is 22.0 Å². The zero-order chi connectivity index (χ0) is 11.8. The Labute approximate surface area is 87.3 Å². The molecule has 9 heteroatoms. The maximum atomic E-state index is 12.2. The molecule has 0 spiro atoms. The topological polar surface area (TPSA) is 93.0 Å². The van der Waals surface area contributed by atoms with E-state index in [0.29, 0.717) is 6.07 Å². The van der Waals surface area contributed by atoms with Gasteiger partial charge in [0.1, 0.15) is 10.7 Å². The number of alkyl halides is 2. The van der Waals surface area contributed by atoms with Gasteiger partial charge in [0.15, 0.2) is 0 Å². The lowest BCUT2D eigenvalue weighted by Crippen LogP contribution is -2.17. The lowest BCUT2D eigenvalue weighted by molar-refractivity contribution is 0.149. The van der Waals surface area contributed by atoms with Crippen LogP contribution in [0, 0.1) is 0 Å². The summed E-state index contributed by atoms with van der Waals surface area (Å²) in [6.45, 7) is 0. The van der Waals surface area contributed by atoms with E-state index in [1.165, 1.54) is 0 Å². The van der Waals surface area contributed by atoms with Crippen LogP contribution in [-0.4, -0.2) is 13.4 Å². The first-order chi connectivity index (χ1) is 6.73. The Kier molecular flexibility index (Phi) is 3.00. The molecule has 0 aliphatic heterocycles. The van der Waals surface area contributed by atoms with Crippen molar-refractivity contribution in [1.29, 1.82) is 0 Å². The summed E-state index contributed by atoms with van der Waals surface area (Å²) in [6, 6.07) is 0.459. The number of H-pyrrole nitrogens is 1. The van der Waals surface area contributed by atoms with Gasteiger partial charge in [-0.2, -0.15) is 0 Å². The summed E-state index contributed by atoms with van der Waals surface area (Å²) in [5.41, 5.74) is 2.97. The number of anilines is 1. The summed E-state index contributed by atoms with van der Waals surface area (Å²) in [6.07, 6.45) is -3.11. The second-order valence-corrected chi connectivity index (χ2v) is 5.10. The van der Waals surface area contributed by atoms with Gasteiger partial charge in [0.05, 0.1) is 5.56 Å². The fraction of sp³-hybridized carbons (Fsp3) is 0.167. The highest BCUT2D eigenvalue weighted by Gasteiger charge is 2.21. The van der Waals surface area contributed by atoms with Crippen LogP contribution in [-0.2, 0) is 9.05 Å². The molecule has 0 aromatic carbocycles. The molecule has 0 aliphatic carbocycles. The van der Waals surface area contributed by atoms with E-state index in [0.717, 1.165) is 0 Å². The van der Waals surface area contributed by atoms with E-state index in [2.05, 4.69) is 0 Å². The number of pyridine rings is 1. The molecule has 0 amide bonds. The van der Waals surface area contributed by atoms with E-state index in [-0.39, 0.29) is 0 Å². The average molecular weight is 259 g/mol. The second-order valence-electron chi connectivity index (χ2n) is 2.57. The molecule has 0 saturated carbocycles. The van der Waals surface area contributed by atoms with Crippen molar-refractivity contribution >= 4 is 25.6 Å². The number of rotatable bonds is 2. The van der Waals surface area contributed by atoms with Gasteiger partial charge in [-0.25, -0.2) is 17.2 Å². The minimum atomic E-state index is -4.26. The van der Waals surface area contributed by atoms with Gasteiger partial charge >= 0.3 is 0 Å². The van der Waals surface area contributed by atoms with Gasteiger partial charge in [-0.05, 0) is 6.07 Å². The third-order valence-electron chi connectivity index (χ3n) is 1.56. The SMILES string of the molecule is Nc1[nH]c(=O)c(C(F)F)cc1S(=O)(=O)Cl. The Morgan fingerprint density at radius 3 is 2.40 bits per heavy atom. The van der Waals surface area contributed by atoms with Crippen LogP contribution < -0.4 is 11.3 Å². The van der Waals surface area contributed by atoms with Crippen LogP contribution in [0.25, 0.3) is 0 Å². The molecular weight excluding hydrogens is 254 g/mol. The van der Waals surface area contributed by atoms with E-state index < -0.39 is 37.3 Å². The van der Waals surface area contributed by atoms with Gasteiger partial charge in [-0.3, -0.25) is 4.79 Å². The van der Waals surface area contributed by atoms with Gasteiger partial charge < -0.3 is 10.7 Å². The Morgan fingerprint density at radius 1 is 1.47 bits per heavy atom. The van der Waals surface area contributed by atoms with Gasteiger partial charge in [-0.1, -0.05) is 0 Å². The van der Waals surface area contributed by atoms with E-state index in [1.807, 2.05) is 0 Å². The van der Waals surface area contributed by atoms with Crippen molar-refractivity contribution < 1.29 is 17.2 Å². The Morgan fingerprint density at radius 2 is 2.00 bits per heavy atom. The third kappa shape index (κ3) is 2.45. The predicted octanol–water partition coefficient (Wildman–Crippen LogP) is 0.822. The fourth-order valence-electron chi connectivity index (χ4n) is 0.904. The molecule has 84 valence electrons. The second kappa shape index (κ2) is 3.78. The van der Waals surface area contributed by atoms with Crippen molar-refractivity contribution in [1.82, 2.24) is 4.98 Å². The monoisotopic (exact) mass is 258 g/mol. The first kappa shape index (κ1) is 11.9. The molecule has 1 aromatic heterocycles. The van der Waals surface area contributed by atoms with Gasteiger partial charge in [-0.15, -0.1) is 0 Å². The van der Waals surface area contributed by atoms with Crippen LogP contribution in [0.2, 0.25) is 0 Å². The number of aromatic nitrogens is 1. The summed E-state index contributed by atoms with van der Waals surface area (Å²) < 4.78 is 46.2. The molecule has 1 heterocycles. The van der Waals surface area contributed by atoms with Crippen LogP contribution in [0.15, 0.2) is 15.8 Å². The van der Waals surface area contributed by atoms with Crippen LogP contribution >= 0.6 is 10.7 Å². The molecular formula is C6H5ClF2N2O3S. The van der Waals surface area contributed by atoms with Crippen LogP contribution in [0.5, 0.6) is 0 Å². The molecule has 0 unspecified atom stereocenters. The Hall–Kier alpha value is -1.15. The molecule has 0 radical (unpaired) electrons. The quantitative estimate of drug-likeness (QED) is 0.768. The predicted molar refractivity (Wildman–Crippen MR) is 49.5 cm³/mol. The summed E-state index contributed by atoms with van der Waals surface area (Å²) in [5.74, 6) is -0.570. The summed E-state index contributed by atoms with van der Waals surface area (Å²) >= 11 is 0. The number of hydrogen-bond acceptors (Lipinski definition) is 4. The smallest absolute Gasteiger partial charge is 0.269 e. The standard InChI is InChI=1S/C6H5ClF2N2O3S/c7-15(13,14)3-1-2(4(8)9)6(12)11-5(3)10/h1,4H,(H3,10,11,12). The molecule has 5 nitrogen and oxygen atoms in total. The largest absolute Gasteiger partial charge is 0.384 e. The van der Waals surface area contributed by atoms with Crippen molar-refractivity contribution in [3.63, 3.8) is 0 Å². The molecule has 1 rings (SSSR count). The number of aromatic amines is 1. The van der Waals surface area contributed by atoms with Crippen molar-refractivity contribution in [2.24, 2.45) is 0 Å². The number of nitrogen functional groups attached to an aromatic ring is 1. The highest BCUT2D eigenvalue weighted by atomic mass is 35.7. The maximum absolute atomic E-state index is 12.2. The summed E-state index contributed by atoms with van der Waals surface area (Å²) in [4.78, 5) is 11.9. The zero-order valence-corrected chi connectivity index (χ0v) is 8.57. The molecule has 0 fully saturated rings. The Balaban J connectivity index is 3.58. The normalized spacial score (nSPS) is 12.0. The number of hydrogen-bond donors (Lipinski definition) is 2. The maximum Gasteiger partial charge on any atom is 0.269 e. The molecule has 0 aliphatic rings. The Bertz CT molecular complexity index is 540. The molecule has 0 atom stereocenters. The summed E-state index contributed by atoms with van der Waals surface area (Å²) in [7, 11) is 0.656. The number of nitrogens with one attached hydrogen (secondary N) is 1. The first-order valence-electron chi connectivity index (χ1n) is 3.49. The fourth-order valence-corrected chi connectivity index (χ4v) is 1.87. The minimum Gasteiger partial charge on any atom is -0.384 e. The third-order valence-corrected chi connectivity index (χ3v) is 2.92. The minimum absolute atomic E-state index is 0.459. The van der Waals surface area contributed by atoms with Crippen LogP contribution in [0.4, 0.5) is 14.6 Å². The van der Waals surface area contributed by atoms with Gasteiger partial charge in [0.25, 0.3) is 21.0 Å². The van der Waals surface area contributed by atoms with Gasteiger partial charge in [0, 0.05) is 10.7 Å². The molecule has 0 saturated heterocycles. The number of halogens is 3. The molecule has 1 aromatic rings. The van der Waals surface area contributed by atoms with E-state index in [4.69, 9.17) is 16.4 Å². The van der Waals surface area contributed by atoms with Crippen molar-refractivity contribution in [2.75, 3.05) is 5.73 Å². The van der Waals surface area contributed by atoms with Crippen LogP contribution in [0.1, 0.15) is 12.0 Å².